The molecule has 1 aromatic heterocycles. The van der Waals surface area contributed by atoms with Crippen LogP contribution in [-0.2, 0) is 6.42 Å². The third-order valence-electron chi connectivity index (χ3n) is 2.29. The summed E-state index contributed by atoms with van der Waals surface area (Å²) in [5, 5.41) is 12.0. The van der Waals surface area contributed by atoms with Crippen molar-refractivity contribution in [1.82, 2.24) is 9.97 Å². The first-order valence-electron chi connectivity index (χ1n) is 5.42. The molecule has 0 atom stereocenters. The number of hydrogen-bond acceptors (Lipinski definition) is 4. The number of hydrogen-bond donors (Lipinski definition) is 1. The van der Waals surface area contributed by atoms with Gasteiger partial charge in [-0.25, -0.2) is 9.97 Å². The fraction of sp³-hybridized carbons (Fsp3) is 0.154. The summed E-state index contributed by atoms with van der Waals surface area (Å²) in [5.41, 5.74) is 2.15. The van der Waals surface area contributed by atoms with Gasteiger partial charge in [0.15, 0.2) is 0 Å². The molecule has 0 spiro atoms. The molecular formula is C13H12N4. The van der Waals surface area contributed by atoms with E-state index < -0.39 is 0 Å². The first-order valence-corrected chi connectivity index (χ1v) is 5.42. The number of anilines is 2. The molecule has 0 aliphatic heterocycles. The molecular weight excluding hydrogens is 212 g/mol. The van der Waals surface area contributed by atoms with Crippen molar-refractivity contribution in [1.29, 1.82) is 5.26 Å². The molecule has 0 aliphatic carbocycles. The Morgan fingerprint density at radius 1 is 1.24 bits per heavy atom. The van der Waals surface area contributed by atoms with Crippen LogP contribution in [0.15, 0.2) is 36.4 Å². The predicted octanol–water partition coefficient (Wildman–Crippen LogP) is 2.65. The molecule has 0 fully saturated rings. The molecule has 4 nitrogen and oxygen atoms in total. The quantitative estimate of drug-likeness (QED) is 0.870. The molecule has 2 rings (SSSR count). The van der Waals surface area contributed by atoms with E-state index in [2.05, 4.69) is 15.3 Å². The van der Waals surface area contributed by atoms with Crippen molar-refractivity contribution in [2.45, 2.75) is 13.3 Å². The van der Waals surface area contributed by atoms with E-state index in [0.29, 0.717) is 11.6 Å². The monoisotopic (exact) mass is 224 g/mol. The fourth-order valence-corrected chi connectivity index (χ4v) is 1.44. The number of benzene rings is 1. The zero-order valence-electron chi connectivity index (χ0n) is 9.51. The van der Waals surface area contributed by atoms with Crippen LogP contribution < -0.4 is 5.32 Å². The molecule has 1 heterocycles. The largest absolute Gasteiger partial charge is 0.324 e. The predicted molar refractivity (Wildman–Crippen MR) is 65.8 cm³/mol. The zero-order valence-corrected chi connectivity index (χ0v) is 9.51. The normalized spacial score (nSPS) is 9.65. The van der Waals surface area contributed by atoms with Crippen LogP contribution in [0.2, 0.25) is 0 Å². The Hall–Kier alpha value is -2.41. The van der Waals surface area contributed by atoms with Gasteiger partial charge in [0.25, 0.3) is 0 Å². The lowest BCUT2D eigenvalue weighted by Crippen LogP contribution is -2.01. The Morgan fingerprint density at radius 3 is 2.65 bits per heavy atom. The Bertz CT molecular complexity index is 543. The van der Waals surface area contributed by atoms with Crippen molar-refractivity contribution in [2.24, 2.45) is 0 Å². The molecule has 17 heavy (non-hydrogen) atoms. The number of nitrogens with zero attached hydrogens (tertiary/aromatic N) is 3. The minimum atomic E-state index is 0.385. The Balaban J connectivity index is 2.30. The highest BCUT2D eigenvalue weighted by molar-refractivity contribution is 5.53. The summed E-state index contributed by atoms with van der Waals surface area (Å²) in [6, 6.07) is 13.4. The van der Waals surface area contributed by atoms with Crippen LogP contribution in [0.25, 0.3) is 0 Å². The van der Waals surface area contributed by atoms with Gasteiger partial charge in [-0.1, -0.05) is 25.1 Å². The standard InChI is InChI=1S/C13H12N4/c1-2-10-8-12(9-14)17-13(15-10)16-11-6-4-3-5-7-11/h3-8H,2H2,1H3,(H,15,16,17). The molecule has 0 saturated heterocycles. The van der Waals surface area contributed by atoms with Crippen LogP contribution >= 0.6 is 0 Å². The van der Waals surface area contributed by atoms with E-state index in [1.807, 2.05) is 43.3 Å². The molecule has 0 amide bonds. The topological polar surface area (TPSA) is 61.6 Å². The summed E-state index contributed by atoms with van der Waals surface area (Å²) in [6.07, 6.45) is 0.778. The van der Waals surface area contributed by atoms with Crippen molar-refractivity contribution < 1.29 is 0 Å². The molecule has 0 saturated carbocycles. The SMILES string of the molecule is CCc1cc(C#N)nc(Nc2ccccc2)n1. The van der Waals surface area contributed by atoms with Gasteiger partial charge in [0, 0.05) is 11.4 Å². The van der Waals surface area contributed by atoms with Gasteiger partial charge in [0.05, 0.1) is 0 Å². The maximum absolute atomic E-state index is 8.88. The van der Waals surface area contributed by atoms with E-state index in [9.17, 15) is 0 Å². The zero-order chi connectivity index (χ0) is 12.1. The summed E-state index contributed by atoms with van der Waals surface area (Å²) in [4.78, 5) is 8.43. The van der Waals surface area contributed by atoms with E-state index in [0.717, 1.165) is 17.8 Å². The molecule has 0 unspecified atom stereocenters. The first-order chi connectivity index (χ1) is 8.31. The smallest absolute Gasteiger partial charge is 0.228 e. The van der Waals surface area contributed by atoms with E-state index >= 15 is 0 Å². The third-order valence-corrected chi connectivity index (χ3v) is 2.29. The Morgan fingerprint density at radius 2 is 2.00 bits per heavy atom. The van der Waals surface area contributed by atoms with Gasteiger partial charge in [-0.15, -0.1) is 0 Å². The maximum Gasteiger partial charge on any atom is 0.228 e. The average Bonchev–Trinajstić information content (AvgIpc) is 2.39. The summed E-state index contributed by atoms with van der Waals surface area (Å²) >= 11 is 0. The lowest BCUT2D eigenvalue weighted by Gasteiger charge is -2.06. The lowest BCUT2D eigenvalue weighted by molar-refractivity contribution is 0.995. The Labute approximate surface area is 100.0 Å². The number of nitriles is 1. The van der Waals surface area contributed by atoms with Crippen molar-refractivity contribution in [3.63, 3.8) is 0 Å². The van der Waals surface area contributed by atoms with E-state index in [1.165, 1.54) is 0 Å². The van der Waals surface area contributed by atoms with Crippen LogP contribution in [-0.4, -0.2) is 9.97 Å². The van der Waals surface area contributed by atoms with Gasteiger partial charge in [-0.2, -0.15) is 5.26 Å². The number of aromatic nitrogens is 2. The van der Waals surface area contributed by atoms with Crippen LogP contribution in [0.3, 0.4) is 0 Å². The minimum absolute atomic E-state index is 0.385. The summed E-state index contributed by atoms with van der Waals surface area (Å²) in [7, 11) is 0. The number of aryl methyl sites for hydroxylation is 1. The van der Waals surface area contributed by atoms with Crippen molar-refractivity contribution in [3.8, 4) is 6.07 Å². The summed E-state index contributed by atoms with van der Waals surface area (Å²) in [5.74, 6) is 0.465. The second-order valence-electron chi connectivity index (χ2n) is 3.52. The molecule has 4 heteroatoms. The third kappa shape index (κ3) is 2.79. The van der Waals surface area contributed by atoms with Gasteiger partial charge >= 0.3 is 0 Å². The number of para-hydroxylation sites is 1. The second kappa shape index (κ2) is 5.08. The highest BCUT2D eigenvalue weighted by Gasteiger charge is 2.03. The van der Waals surface area contributed by atoms with Crippen molar-refractivity contribution in [2.75, 3.05) is 5.32 Å². The molecule has 84 valence electrons. The van der Waals surface area contributed by atoms with Crippen LogP contribution in [0.5, 0.6) is 0 Å². The van der Waals surface area contributed by atoms with Crippen molar-refractivity contribution in [3.05, 3.63) is 47.8 Å². The van der Waals surface area contributed by atoms with Gasteiger partial charge in [-0.05, 0) is 24.6 Å². The van der Waals surface area contributed by atoms with E-state index in [1.54, 1.807) is 6.07 Å². The first kappa shape index (κ1) is 11.1. The van der Waals surface area contributed by atoms with Crippen LogP contribution in [0, 0.1) is 11.3 Å². The molecule has 0 bridgehead atoms. The molecule has 1 N–H and O–H groups in total. The van der Waals surface area contributed by atoms with Crippen LogP contribution in [0.4, 0.5) is 11.6 Å². The van der Waals surface area contributed by atoms with Gasteiger partial charge in [0.2, 0.25) is 5.95 Å². The van der Waals surface area contributed by atoms with E-state index in [-0.39, 0.29) is 0 Å². The van der Waals surface area contributed by atoms with Gasteiger partial charge < -0.3 is 5.32 Å². The Kier molecular flexibility index (Phi) is 3.31. The molecule has 0 radical (unpaired) electrons. The van der Waals surface area contributed by atoms with Gasteiger partial charge in [0.1, 0.15) is 11.8 Å². The summed E-state index contributed by atoms with van der Waals surface area (Å²) < 4.78 is 0. The van der Waals surface area contributed by atoms with Gasteiger partial charge in [-0.3, -0.25) is 0 Å². The fourth-order valence-electron chi connectivity index (χ4n) is 1.44. The molecule has 1 aromatic carbocycles. The maximum atomic E-state index is 8.88. The summed E-state index contributed by atoms with van der Waals surface area (Å²) in [6.45, 7) is 2.00. The average molecular weight is 224 g/mol. The molecule has 2 aromatic rings. The minimum Gasteiger partial charge on any atom is -0.324 e. The number of rotatable bonds is 3. The molecule has 0 aliphatic rings. The van der Waals surface area contributed by atoms with Crippen LogP contribution in [0.1, 0.15) is 18.3 Å². The number of nitrogens with one attached hydrogen (secondary N) is 1. The highest BCUT2D eigenvalue weighted by atomic mass is 15.1. The second-order valence-corrected chi connectivity index (χ2v) is 3.52. The van der Waals surface area contributed by atoms with Crippen molar-refractivity contribution >= 4 is 11.6 Å². The highest BCUT2D eigenvalue weighted by Crippen LogP contribution is 2.13. The van der Waals surface area contributed by atoms with E-state index in [4.69, 9.17) is 5.26 Å². The lowest BCUT2D eigenvalue weighted by atomic mass is 10.3.